The van der Waals surface area contributed by atoms with Gasteiger partial charge in [0.1, 0.15) is 12.1 Å². The van der Waals surface area contributed by atoms with Gasteiger partial charge in [0.25, 0.3) is 0 Å². The summed E-state index contributed by atoms with van der Waals surface area (Å²) in [5.74, 6) is -0.683. The summed E-state index contributed by atoms with van der Waals surface area (Å²) in [5, 5.41) is 6.73. The standard InChI is InChI=1S/C36H56ClN5O4/c1-23(2)30(40(9)35(46)31(36(6,7)8)39-33(44)29-13-10-11-19-41(29)24(3)4)21-25(5)34(45)42-20-12-14-28(42)32(43)38-22-26-15-17-27(37)18-16-26/h15-18,21,23-24,28-31H,10-14,19-20,22H2,1-9H3,(H,38,43)(H,39,44)/b25-21+/t28-,29?,30+,31+/m0/s1. The molecule has 256 valence electrons. The van der Waals surface area contributed by atoms with Gasteiger partial charge in [0.05, 0.1) is 12.1 Å². The van der Waals surface area contributed by atoms with Crippen LogP contribution in [0.1, 0.15) is 93.1 Å². The van der Waals surface area contributed by atoms with Crippen molar-refractivity contribution < 1.29 is 19.2 Å². The van der Waals surface area contributed by atoms with Crippen LogP contribution in [0.25, 0.3) is 0 Å². The number of nitrogens with zero attached hydrogens (tertiary/aromatic N) is 3. The molecule has 2 fully saturated rings. The predicted octanol–water partition coefficient (Wildman–Crippen LogP) is 5.17. The second kappa shape index (κ2) is 16.3. The lowest BCUT2D eigenvalue weighted by atomic mass is 9.84. The molecule has 1 aromatic rings. The summed E-state index contributed by atoms with van der Waals surface area (Å²) in [6.07, 6.45) is 6.02. The topological polar surface area (TPSA) is 102 Å². The van der Waals surface area contributed by atoms with Crippen molar-refractivity contribution in [3.8, 4) is 0 Å². The van der Waals surface area contributed by atoms with Gasteiger partial charge in [0, 0.05) is 36.8 Å². The summed E-state index contributed by atoms with van der Waals surface area (Å²) < 4.78 is 0. The van der Waals surface area contributed by atoms with Crippen LogP contribution in [0.5, 0.6) is 0 Å². The minimum atomic E-state index is -0.737. The van der Waals surface area contributed by atoms with Crippen LogP contribution in [-0.4, -0.2) is 88.7 Å². The number of likely N-dealkylation sites (tertiary alicyclic amines) is 2. The third-order valence-corrected chi connectivity index (χ3v) is 9.59. The second-order valence-electron chi connectivity index (χ2n) is 14.7. The first kappa shape index (κ1) is 37.5. The summed E-state index contributed by atoms with van der Waals surface area (Å²) in [5.41, 5.74) is 0.885. The number of benzene rings is 1. The van der Waals surface area contributed by atoms with E-state index in [2.05, 4.69) is 29.4 Å². The van der Waals surface area contributed by atoms with E-state index in [0.717, 1.165) is 37.8 Å². The zero-order chi connectivity index (χ0) is 34.3. The van der Waals surface area contributed by atoms with E-state index in [1.54, 1.807) is 35.9 Å². The van der Waals surface area contributed by atoms with Crippen molar-refractivity contribution in [2.75, 3.05) is 20.1 Å². The lowest BCUT2D eigenvalue weighted by Crippen LogP contribution is -2.60. The van der Waals surface area contributed by atoms with Crippen LogP contribution in [0.2, 0.25) is 5.02 Å². The van der Waals surface area contributed by atoms with Crippen molar-refractivity contribution in [2.45, 2.75) is 124 Å². The Morgan fingerprint density at radius 3 is 2.17 bits per heavy atom. The molecule has 9 nitrogen and oxygen atoms in total. The van der Waals surface area contributed by atoms with E-state index >= 15 is 0 Å². The molecule has 4 amide bonds. The molecule has 4 atom stereocenters. The lowest BCUT2D eigenvalue weighted by molar-refractivity contribution is -0.142. The average molecular weight is 658 g/mol. The third kappa shape index (κ3) is 9.57. The minimum Gasteiger partial charge on any atom is -0.350 e. The number of hydrogen-bond donors (Lipinski definition) is 2. The van der Waals surface area contributed by atoms with Gasteiger partial charge in [-0.3, -0.25) is 24.1 Å². The van der Waals surface area contributed by atoms with E-state index in [-0.39, 0.29) is 47.7 Å². The Morgan fingerprint density at radius 2 is 1.59 bits per heavy atom. The van der Waals surface area contributed by atoms with Gasteiger partial charge in [-0.2, -0.15) is 0 Å². The van der Waals surface area contributed by atoms with Crippen molar-refractivity contribution in [3.05, 3.63) is 46.5 Å². The Bertz CT molecular complexity index is 1260. The summed E-state index contributed by atoms with van der Waals surface area (Å²) in [6.45, 7) is 17.6. The van der Waals surface area contributed by atoms with Crippen molar-refractivity contribution >= 4 is 35.2 Å². The normalized spacial score (nSPS) is 20.9. The van der Waals surface area contributed by atoms with Crippen molar-refractivity contribution in [1.29, 1.82) is 0 Å². The summed E-state index contributed by atoms with van der Waals surface area (Å²) in [7, 11) is 1.75. The van der Waals surface area contributed by atoms with Gasteiger partial charge in [-0.15, -0.1) is 0 Å². The number of rotatable bonds is 11. The van der Waals surface area contributed by atoms with E-state index < -0.39 is 17.5 Å². The number of amides is 4. The summed E-state index contributed by atoms with van der Waals surface area (Å²) >= 11 is 5.98. The maximum atomic E-state index is 14.1. The molecular weight excluding hydrogens is 602 g/mol. The molecule has 0 aliphatic carbocycles. The molecule has 0 spiro atoms. The Kier molecular flexibility index (Phi) is 13.3. The van der Waals surface area contributed by atoms with Gasteiger partial charge in [0.2, 0.25) is 23.6 Å². The van der Waals surface area contributed by atoms with Crippen LogP contribution in [0.15, 0.2) is 35.9 Å². The van der Waals surface area contributed by atoms with Crippen LogP contribution in [0.3, 0.4) is 0 Å². The van der Waals surface area contributed by atoms with E-state index in [0.29, 0.717) is 30.1 Å². The molecule has 0 bridgehead atoms. The molecular formula is C36H56ClN5O4. The van der Waals surface area contributed by atoms with Crippen LogP contribution in [0.4, 0.5) is 0 Å². The van der Waals surface area contributed by atoms with Crippen molar-refractivity contribution in [1.82, 2.24) is 25.3 Å². The SMILES string of the molecule is C/C(=C\[C@H](C(C)C)N(C)C(=O)[C@@H](NC(=O)C1CCCCN1C(C)C)C(C)(C)C)C(=O)N1CCC[C@H]1C(=O)NCc1ccc(Cl)cc1. The second-order valence-corrected chi connectivity index (χ2v) is 15.1. The highest BCUT2D eigenvalue weighted by atomic mass is 35.5. The zero-order valence-electron chi connectivity index (χ0n) is 29.4. The Balaban J connectivity index is 1.74. The van der Waals surface area contributed by atoms with E-state index in [1.165, 1.54) is 0 Å². The van der Waals surface area contributed by atoms with Gasteiger partial charge in [0.15, 0.2) is 0 Å². The molecule has 2 N–H and O–H groups in total. The maximum absolute atomic E-state index is 14.1. The third-order valence-electron chi connectivity index (χ3n) is 9.34. The predicted molar refractivity (Wildman–Crippen MR) is 184 cm³/mol. The fourth-order valence-corrected chi connectivity index (χ4v) is 6.71. The minimum absolute atomic E-state index is 0.000142. The van der Waals surface area contributed by atoms with E-state index in [1.807, 2.05) is 52.8 Å². The first-order valence-corrected chi connectivity index (χ1v) is 17.2. The largest absolute Gasteiger partial charge is 0.350 e. The van der Waals surface area contributed by atoms with Crippen molar-refractivity contribution in [3.63, 3.8) is 0 Å². The highest BCUT2D eigenvalue weighted by Gasteiger charge is 2.40. The highest BCUT2D eigenvalue weighted by Crippen LogP contribution is 2.27. The van der Waals surface area contributed by atoms with Crippen LogP contribution < -0.4 is 10.6 Å². The van der Waals surface area contributed by atoms with Gasteiger partial charge in [-0.05, 0) is 82.0 Å². The van der Waals surface area contributed by atoms with Gasteiger partial charge < -0.3 is 20.4 Å². The molecule has 1 unspecified atom stereocenters. The van der Waals surface area contributed by atoms with Crippen LogP contribution in [-0.2, 0) is 25.7 Å². The first-order chi connectivity index (χ1) is 21.5. The zero-order valence-corrected chi connectivity index (χ0v) is 30.1. The van der Waals surface area contributed by atoms with Crippen LogP contribution >= 0.6 is 11.6 Å². The molecule has 46 heavy (non-hydrogen) atoms. The molecule has 0 saturated carbocycles. The molecule has 0 radical (unpaired) electrons. The molecule has 2 aliphatic rings. The number of likely N-dealkylation sites (N-methyl/N-ethyl adjacent to an activating group) is 1. The van der Waals surface area contributed by atoms with Gasteiger partial charge >= 0.3 is 0 Å². The lowest BCUT2D eigenvalue weighted by Gasteiger charge is -2.41. The van der Waals surface area contributed by atoms with Gasteiger partial charge in [-0.25, -0.2) is 0 Å². The Morgan fingerprint density at radius 1 is 0.957 bits per heavy atom. The molecule has 2 aliphatic heterocycles. The van der Waals surface area contributed by atoms with Crippen LogP contribution in [0, 0.1) is 11.3 Å². The smallest absolute Gasteiger partial charge is 0.249 e. The number of halogens is 1. The average Bonchev–Trinajstić information content (AvgIpc) is 3.50. The number of nitrogens with one attached hydrogen (secondary N) is 2. The number of piperidine rings is 1. The molecule has 2 saturated heterocycles. The molecule has 2 heterocycles. The fraction of sp³-hybridized carbons (Fsp3) is 0.667. The number of hydrogen-bond acceptors (Lipinski definition) is 5. The Labute approximate surface area is 281 Å². The number of carbonyl (C=O) groups excluding carboxylic acids is 4. The maximum Gasteiger partial charge on any atom is 0.249 e. The number of carbonyl (C=O) groups is 4. The van der Waals surface area contributed by atoms with E-state index in [9.17, 15) is 19.2 Å². The van der Waals surface area contributed by atoms with Gasteiger partial charge in [-0.1, -0.05) is 70.8 Å². The first-order valence-electron chi connectivity index (χ1n) is 16.9. The Hall–Kier alpha value is -2.91. The fourth-order valence-electron chi connectivity index (χ4n) is 6.59. The summed E-state index contributed by atoms with van der Waals surface area (Å²) in [4.78, 5) is 60.2. The quantitative estimate of drug-likeness (QED) is 0.320. The molecule has 10 heteroatoms. The molecule has 0 aromatic heterocycles. The molecule has 1 aromatic carbocycles. The van der Waals surface area contributed by atoms with E-state index in [4.69, 9.17) is 11.6 Å². The monoisotopic (exact) mass is 657 g/mol. The highest BCUT2D eigenvalue weighted by molar-refractivity contribution is 6.30. The molecule has 3 rings (SSSR count). The summed E-state index contributed by atoms with van der Waals surface area (Å²) in [6, 6.07) is 5.60. The van der Waals surface area contributed by atoms with Crippen molar-refractivity contribution in [2.24, 2.45) is 11.3 Å².